The van der Waals surface area contributed by atoms with Gasteiger partial charge in [0.2, 0.25) is 5.91 Å². The van der Waals surface area contributed by atoms with E-state index in [4.69, 9.17) is 10.2 Å². The zero-order valence-electron chi connectivity index (χ0n) is 14.5. The highest BCUT2D eigenvalue weighted by molar-refractivity contribution is 5.88. The van der Waals surface area contributed by atoms with E-state index in [1.165, 1.54) is 17.5 Å². The van der Waals surface area contributed by atoms with Crippen LogP contribution in [0.4, 0.5) is 0 Å². The van der Waals surface area contributed by atoms with Crippen molar-refractivity contribution in [2.75, 3.05) is 6.54 Å². The third kappa shape index (κ3) is 3.76. The van der Waals surface area contributed by atoms with E-state index in [1.807, 2.05) is 30.3 Å². The largest absolute Gasteiger partial charge is 0.464 e. The summed E-state index contributed by atoms with van der Waals surface area (Å²) in [6.45, 7) is 0.425. The van der Waals surface area contributed by atoms with E-state index in [1.54, 1.807) is 6.26 Å². The highest BCUT2D eigenvalue weighted by Gasteiger charge is 2.17. The average Bonchev–Trinajstić information content (AvgIpc) is 3.25. The molecule has 0 saturated carbocycles. The first-order chi connectivity index (χ1) is 12.2. The number of amides is 1. The summed E-state index contributed by atoms with van der Waals surface area (Å²) >= 11 is 0. The molecule has 1 atom stereocenters. The lowest BCUT2D eigenvalue weighted by atomic mass is 10.0. The summed E-state index contributed by atoms with van der Waals surface area (Å²) in [5, 5.41) is 3.99. The highest BCUT2D eigenvalue weighted by atomic mass is 35.5. The molecule has 1 aliphatic rings. The molecule has 5 heteroatoms. The predicted octanol–water partition coefficient (Wildman–Crippen LogP) is 3.70. The molecule has 0 spiro atoms. The fourth-order valence-electron chi connectivity index (χ4n) is 3.56. The number of nitrogens with two attached hydrogens (primary N) is 1. The van der Waals surface area contributed by atoms with E-state index in [-0.39, 0.29) is 24.4 Å². The second-order valence-corrected chi connectivity index (χ2v) is 6.73. The smallest absolute Gasteiger partial charge is 0.224 e. The van der Waals surface area contributed by atoms with Gasteiger partial charge in [0, 0.05) is 23.5 Å². The first kappa shape index (κ1) is 18.5. The molecule has 4 nitrogen and oxygen atoms in total. The van der Waals surface area contributed by atoms with E-state index in [9.17, 15) is 4.79 Å². The third-order valence-corrected chi connectivity index (χ3v) is 4.97. The Morgan fingerprint density at radius 1 is 1.15 bits per heavy atom. The van der Waals surface area contributed by atoms with Gasteiger partial charge >= 0.3 is 0 Å². The number of fused-ring (bicyclic) bond motifs is 2. The molecule has 136 valence electrons. The van der Waals surface area contributed by atoms with Crippen LogP contribution in [0, 0.1) is 0 Å². The summed E-state index contributed by atoms with van der Waals surface area (Å²) in [5.41, 5.74) is 11.7. The van der Waals surface area contributed by atoms with Crippen molar-refractivity contribution in [3.8, 4) is 0 Å². The van der Waals surface area contributed by atoms with Gasteiger partial charge < -0.3 is 15.5 Å². The van der Waals surface area contributed by atoms with Crippen molar-refractivity contribution >= 4 is 29.3 Å². The van der Waals surface area contributed by atoms with Gasteiger partial charge in [-0.15, -0.1) is 12.4 Å². The Morgan fingerprint density at radius 3 is 2.65 bits per heavy atom. The van der Waals surface area contributed by atoms with Crippen LogP contribution in [-0.4, -0.2) is 12.5 Å². The first-order valence-electron chi connectivity index (χ1n) is 8.80. The SMILES string of the molecule is Cl.NC(CNC(=O)Cc1coc2cc3c(cc12)CCC3)c1ccccc1. The number of aryl methyl sites for hydroxylation is 2. The van der Waals surface area contributed by atoms with Crippen LogP contribution in [0.1, 0.15) is 34.7 Å². The molecule has 1 heterocycles. The zero-order valence-corrected chi connectivity index (χ0v) is 15.4. The summed E-state index contributed by atoms with van der Waals surface area (Å²) in [5.74, 6) is -0.0328. The number of furan rings is 1. The van der Waals surface area contributed by atoms with Crippen molar-refractivity contribution < 1.29 is 9.21 Å². The van der Waals surface area contributed by atoms with Crippen LogP contribution in [0.2, 0.25) is 0 Å². The van der Waals surface area contributed by atoms with Crippen LogP contribution in [0.5, 0.6) is 0 Å². The first-order valence-corrected chi connectivity index (χ1v) is 8.80. The molecule has 1 amide bonds. The van der Waals surface area contributed by atoms with Crippen molar-refractivity contribution in [1.29, 1.82) is 0 Å². The minimum atomic E-state index is -0.200. The highest BCUT2D eigenvalue weighted by Crippen LogP contribution is 2.30. The maximum atomic E-state index is 12.3. The summed E-state index contributed by atoms with van der Waals surface area (Å²) in [6, 6.07) is 13.9. The Hall–Kier alpha value is -2.30. The summed E-state index contributed by atoms with van der Waals surface area (Å²) in [6.07, 6.45) is 5.46. The Bertz CT molecular complexity index is 905. The van der Waals surface area contributed by atoms with E-state index < -0.39 is 0 Å². The summed E-state index contributed by atoms with van der Waals surface area (Å²) < 4.78 is 5.67. The lowest BCUT2D eigenvalue weighted by molar-refractivity contribution is -0.120. The maximum Gasteiger partial charge on any atom is 0.224 e. The van der Waals surface area contributed by atoms with Crippen molar-refractivity contribution in [3.05, 3.63) is 71.0 Å². The quantitative estimate of drug-likeness (QED) is 0.719. The van der Waals surface area contributed by atoms with Gasteiger partial charge in [-0.3, -0.25) is 4.79 Å². The van der Waals surface area contributed by atoms with Gasteiger partial charge in [0.25, 0.3) is 0 Å². The van der Waals surface area contributed by atoms with E-state index in [0.29, 0.717) is 13.0 Å². The summed E-state index contributed by atoms with van der Waals surface area (Å²) in [7, 11) is 0. The number of rotatable bonds is 5. The topological polar surface area (TPSA) is 68.3 Å². The van der Waals surface area contributed by atoms with Crippen molar-refractivity contribution in [3.63, 3.8) is 0 Å². The Kier molecular flexibility index (Phi) is 5.64. The standard InChI is InChI=1S/C21H22N2O2.ClH/c22-19(14-5-2-1-3-6-14)12-23-21(24)11-17-13-25-20-10-16-8-4-7-15(16)9-18(17)20;/h1-3,5-6,9-10,13,19H,4,7-8,11-12,22H2,(H,23,24);1H. The molecule has 3 N–H and O–H groups in total. The number of hydrogen-bond donors (Lipinski definition) is 2. The van der Waals surface area contributed by atoms with Gasteiger partial charge in [0.1, 0.15) is 5.58 Å². The van der Waals surface area contributed by atoms with Crippen molar-refractivity contribution in [1.82, 2.24) is 5.32 Å². The monoisotopic (exact) mass is 370 g/mol. The zero-order chi connectivity index (χ0) is 17.2. The van der Waals surface area contributed by atoms with E-state index >= 15 is 0 Å². The minimum Gasteiger partial charge on any atom is -0.464 e. The molecule has 4 rings (SSSR count). The van der Waals surface area contributed by atoms with Gasteiger partial charge in [-0.05, 0) is 48.1 Å². The molecular formula is C21H23ClN2O2. The number of nitrogens with one attached hydrogen (secondary N) is 1. The maximum absolute atomic E-state index is 12.3. The van der Waals surface area contributed by atoms with Crippen LogP contribution < -0.4 is 11.1 Å². The Labute approximate surface area is 159 Å². The number of hydrogen-bond acceptors (Lipinski definition) is 3. The number of benzene rings is 2. The van der Waals surface area contributed by atoms with Crippen LogP contribution >= 0.6 is 12.4 Å². The molecule has 1 aliphatic carbocycles. The molecular weight excluding hydrogens is 348 g/mol. The van der Waals surface area contributed by atoms with Crippen molar-refractivity contribution in [2.24, 2.45) is 5.73 Å². The van der Waals surface area contributed by atoms with Gasteiger partial charge in [-0.2, -0.15) is 0 Å². The van der Waals surface area contributed by atoms with Crippen LogP contribution in [0.3, 0.4) is 0 Å². The summed E-state index contributed by atoms with van der Waals surface area (Å²) in [4.78, 5) is 12.3. The molecule has 3 aromatic rings. The van der Waals surface area contributed by atoms with Gasteiger partial charge in [-0.1, -0.05) is 30.3 Å². The second kappa shape index (κ2) is 7.94. The molecule has 26 heavy (non-hydrogen) atoms. The third-order valence-electron chi connectivity index (χ3n) is 4.97. The normalized spacial score (nSPS) is 13.9. The molecule has 2 aromatic carbocycles. The van der Waals surface area contributed by atoms with Crippen molar-refractivity contribution in [2.45, 2.75) is 31.7 Å². The molecule has 0 aliphatic heterocycles. The van der Waals surface area contributed by atoms with Crippen LogP contribution in [0.25, 0.3) is 11.0 Å². The number of halogens is 1. The second-order valence-electron chi connectivity index (χ2n) is 6.73. The van der Waals surface area contributed by atoms with Gasteiger partial charge in [-0.25, -0.2) is 0 Å². The Balaban J connectivity index is 0.00000196. The molecule has 1 aromatic heterocycles. The Morgan fingerprint density at radius 2 is 1.88 bits per heavy atom. The lowest BCUT2D eigenvalue weighted by Crippen LogP contribution is -2.32. The average molecular weight is 371 g/mol. The van der Waals surface area contributed by atoms with E-state index in [2.05, 4.69) is 17.4 Å². The fourth-order valence-corrected chi connectivity index (χ4v) is 3.56. The van der Waals surface area contributed by atoms with Gasteiger partial charge in [0.15, 0.2) is 0 Å². The van der Waals surface area contributed by atoms with E-state index in [0.717, 1.165) is 34.9 Å². The fraction of sp³-hybridized carbons (Fsp3) is 0.286. The molecule has 1 unspecified atom stereocenters. The number of carbonyl (C=O) groups excluding carboxylic acids is 1. The van der Waals surface area contributed by atoms with Crippen LogP contribution in [0.15, 0.2) is 53.1 Å². The molecule has 0 fully saturated rings. The van der Waals surface area contributed by atoms with Crippen LogP contribution in [-0.2, 0) is 24.1 Å². The molecule has 0 saturated heterocycles. The minimum absolute atomic E-state index is 0. The predicted molar refractivity (Wildman–Crippen MR) is 106 cm³/mol. The molecule has 0 bridgehead atoms. The lowest BCUT2D eigenvalue weighted by Gasteiger charge is -2.13. The van der Waals surface area contributed by atoms with Gasteiger partial charge in [0.05, 0.1) is 12.7 Å². The number of carbonyl (C=O) groups is 1. The molecule has 0 radical (unpaired) electrons.